The second kappa shape index (κ2) is 8.91. The lowest BCUT2D eigenvalue weighted by molar-refractivity contribution is -0.114. The summed E-state index contributed by atoms with van der Waals surface area (Å²) in [6, 6.07) is 9.21. The van der Waals surface area contributed by atoms with Gasteiger partial charge in [0.2, 0.25) is 5.91 Å². The van der Waals surface area contributed by atoms with Crippen LogP contribution >= 0.6 is 23.2 Å². The second-order valence-corrected chi connectivity index (χ2v) is 9.37. The molecule has 0 spiro atoms. The van der Waals surface area contributed by atoms with Crippen molar-refractivity contribution in [2.75, 3.05) is 13.7 Å². The number of nitrogens with one attached hydrogen (secondary N) is 1. The molecular formula is C26H22Cl2N4O3. The van der Waals surface area contributed by atoms with Crippen LogP contribution in [0.3, 0.4) is 0 Å². The number of Topliss-reactive ketones (excluding diaryl/α,β-unsaturated/α-hetero) is 1. The Bertz CT molecular complexity index is 1450. The van der Waals surface area contributed by atoms with Crippen LogP contribution in [0.15, 0.2) is 48.2 Å². The maximum Gasteiger partial charge on any atom is 0.250 e. The summed E-state index contributed by atoms with van der Waals surface area (Å²) in [5.74, 6) is 0.0614. The van der Waals surface area contributed by atoms with E-state index in [1.165, 1.54) is 6.92 Å². The van der Waals surface area contributed by atoms with E-state index in [4.69, 9.17) is 33.7 Å². The number of amides is 1. The van der Waals surface area contributed by atoms with Crippen molar-refractivity contribution in [3.05, 3.63) is 80.6 Å². The van der Waals surface area contributed by atoms with E-state index in [-0.39, 0.29) is 5.78 Å². The Kier molecular flexibility index (Phi) is 5.91. The van der Waals surface area contributed by atoms with Gasteiger partial charge in [0.25, 0.3) is 0 Å². The monoisotopic (exact) mass is 508 g/mol. The molecule has 1 aromatic heterocycles. The molecule has 0 radical (unpaired) electrons. The van der Waals surface area contributed by atoms with E-state index < -0.39 is 5.91 Å². The molecule has 2 aromatic carbocycles. The molecule has 2 heterocycles. The molecule has 2 aliphatic rings. The lowest BCUT2D eigenvalue weighted by atomic mass is 9.85. The topological polar surface area (TPSA) is 99.2 Å². The summed E-state index contributed by atoms with van der Waals surface area (Å²) in [5, 5.41) is 8.73. The fourth-order valence-corrected chi connectivity index (χ4v) is 5.20. The van der Waals surface area contributed by atoms with E-state index in [1.807, 2.05) is 12.1 Å². The highest BCUT2D eigenvalue weighted by atomic mass is 35.5. The lowest BCUT2D eigenvalue weighted by Gasteiger charge is -2.23. The number of aromatic nitrogens is 2. The summed E-state index contributed by atoms with van der Waals surface area (Å²) in [6.07, 6.45) is 4.76. The maximum atomic E-state index is 12.5. The first kappa shape index (κ1) is 23.2. The number of ketones is 1. The highest BCUT2D eigenvalue weighted by Gasteiger charge is 2.29. The summed E-state index contributed by atoms with van der Waals surface area (Å²) < 4.78 is 7.46. The molecule has 35 heavy (non-hydrogen) atoms. The van der Waals surface area contributed by atoms with Crippen LogP contribution in [0, 0.1) is 0 Å². The minimum atomic E-state index is -0.518. The SMILES string of the molecule is COc1cc2c(cc1C1=CC(C(N)=O)=CNC1)-c1c(c(C(C)=O)nn1-c1cc(Cl)cc(Cl)c1)CC2. The number of hydrogen-bond acceptors (Lipinski definition) is 5. The third-order valence-corrected chi connectivity index (χ3v) is 6.68. The molecule has 1 amide bonds. The number of primary amides is 1. The second-order valence-electron chi connectivity index (χ2n) is 8.50. The summed E-state index contributed by atoms with van der Waals surface area (Å²) >= 11 is 12.6. The number of ether oxygens (including phenoxy) is 1. The summed E-state index contributed by atoms with van der Waals surface area (Å²) in [6.45, 7) is 2.02. The number of fused-ring (bicyclic) bond motifs is 3. The molecule has 0 saturated carbocycles. The van der Waals surface area contributed by atoms with E-state index in [0.29, 0.717) is 45.7 Å². The van der Waals surface area contributed by atoms with E-state index in [2.05, 4.69) is 10.4 Å². The van der Waals surface area contributed by atoms with Crippen molar-refractivity contribution in [3.63, 3.8) is 0 Å². The third-order valence-electron chi connectivity index (χ3n) is 6.24. The zero-order chi connectivity index (χ0) is 24.9. The van der Waals surface area contributed by atoms with Crippen molar-refractivity contribution in [3.8, 4) is 22.7 Å². The van der Waals surface area contributed by atoms with Crippen molar-refractivity contribution in [1.29, 1.82) is 0 Å². The summed E-state index contributed by atoms with van der Waals surface area (Å²) in [5.41, 5.74) is 12.3. The van der Waals surface area contributed by atoms with Gasteiger partial charge in [0, 0.05) is 46.4 Å². The van der Waals surface area contributed by atoms with Gasteiger partial charge in [-0.2, -0.15) is 5.10 Å². The predicted molar refractivity (Wildman–Crippen MR) is 136 cm³/mol. The first-order chi connectivity index (χ1) is 16.8. The van der Waals surface area contributed by atoms with Crippen molar-refractivity contribution in [2.24, 2.45) is 5.73 Å². The van der Waals surface area contributed by atoms with Gasteiger partial charge >= 0.3 is 0 Å². The highest BCUT2D eigenvalue weighted by molar-refractivity contribution is 6.34. The number of methoxy groups -OCH3 is 1. The molecule has 0 atom stereocenters. The van der Waals surface area contributed by atoms with Gasteiger partial charge in [0.15, 0.2) is 5.78 Å². The summed E-state index contributed by atoms with van der Waals surface area (Å²) in [4.78, 5) is 24.3. The molecule has 1 aliphatic carbocycles. The van der Waals surface area contributed by atoms with Crippen LogP contribution in [0.1, 0.15) is 34.1 Å². The number of halogens is 2. The molecule has 3 N–H and O–H groups in total. The molecule has 1 aliphatic heterocycles. The van der Waals surface area contributed by atoms with Crippen molar-refractivity contribution in [1.82, 2.24) is 15.1 Å². The molecule has 0 fully saturated rings. The average Bonchev–Trinajstić information content (AvgIpc) is 3.23. The highest BCUT2D eigenvalue weighted by Crippen LogP contribution is 2.42. The normalized spacial score (nSPS) is 14.3. The fraction of sp³-hybridized carbons (Fsp3) is 0.192. The zero-order valence-electron chi connectivity index (χ0n) is 19.1. The first-order valence-electron chi connectivity index (χ1n) is 11.0. The van der Waals surface area contributed by atoms with Crippen molar-refractivity contribution in [2.45, 2.75) is 19.8 Å². The van der Waals surface area contributed by atoms with Gasteiger partial charge in [0.05, 0.1) is 24.1 Å². The van der Waals surface area contributed by atoms with E-state index >= 15 is 0 Å². The largest absolute Gasteiger partial charge is 0.496 e. The van der Waals surface area contributed by atoms with Crippen LogP contribution in [0.2, 0.25) is 10.0 Å². The Hall–Kier alpha value is -3.55. The number of dihydropyridines is 1. The lowest BCUT2D eigenvalue weighted by Crippen LogP contribution is -2.22. The van der Waals surface area contributed by atoms with Gasteiger partial charge in [0.1, 0.15) is 11.4 Å². The number of carbonyl (C=O) groups excluding carboxylic acids is 2. The number of hydrogen-bond donors (Lipinski definition) is 2. The fourth-order valence-electron chi connectivity index (χ4n) is 4.69. The molecule has 0 saturated heterocycles. The van der Waals surface area contributed by atoms with Crippen LogP contribution in [0.25, 0.3) is 22.5 Å². The molecule has 178 valence electrons. The quantitative estimate of drug-likeness (QED) is 0.493. The number of benzene rings is 2. The Balaban J connectivity index is 1.77. The zero-order valence-corrected chi connectivity index (χ0v) is 20.6. The Morgan fingerprint density at radius 1 is 1.09 bits per heavy atom. The smallest absolute Gasteiger partial charge is 0.250 e. The van der Waals surface area contributed by atoms with Crippen LogP contribution in [-0.2, 0) is 17.6 Å². The number of nitrogens with two attached hydrogens (primary N) is 1. The van der Waals surface area contributed by atoms with Gasteiger partial charge in [-0.05, 0) is 60.4 Å². The minimum absolute atomic E-state index is 0.110. The Morgan fingerprint density at radius 2 is 1.83 bits per heavy atom. The van der Waals surface area contributed by atoms with Crippen LogP contribution in [-0.4, -0.2) is 35.1 Å². The van der Waals surface area contributed by atoms with E-state index in [9.17, 15) is 9.59 Å². The third kappa shape index (κ3) is 4.11. The number of carbonyl (C=O) groups is 2. The van der Waals surface area contributed by atoms with Gasteiger partial charge in [-0.25, -0.2) is 4.68 Å². The molecule has 5 rings (SSSR count). The Morgan fingerprint density at radius 3 is 2.49 bits per heavy atom. The van der Waals surface area contributed by atoms with E-state index in [0.717, 1.165) is 39.9 Å². The summed E-state index contributed by atoms with van der Waals surface area (Å²) in [7, 11) is 1.62. The Labute approximate surface area is 212 Å². The van der Waals surface area contributed by atoms with E-state index in [1.54, 1.807) is 42.3 Å². The number of rotatable bonds is 5. The molecule has 0 unspecified atom stereocenters. The molecule has 0 bridgehead atoms. The molecule has 7 nitrogen and oxygen atoms in total. The average molecular weight is 509 g/mol. The molecule has 3 aromatic rings. The minimum Gasteiger partial charge on any atom is -0.496 e. The van der Waals surface area contributed by atoms with Crippen LogP contribution < -0.4 is 15.8 Å². The van der Waals surface area contributed by atoms with Gasteiger partial charge in [-0.3, -0.25) is 9.59 Å². The number of nitrogens with zero attached hydrogens (tertiary/aromatic N) is 2. The standard InChI is InChI=1S/C26H22Cl2N4O3/c1-13(33)24-20-4-3-14-6-23(35-2)21(15-5-16(26(29)34)12-30-11-15)10-22(14)25(20)32(31-24)19-8-17(27)7-18(28)9-19/h5-10,12,30H,3-4,11H2,1-2H3,(H2,29,34). The van der Waals surface area contributed by atoms with Gasteiger partial charge in [-0.1, -0.05) is 23.2 Å². The van der Waals surface area contributed by atoms with Crippen molar-refractivity contribution < 1.29 is 14.3 Å². The maximum absolute atomic E-state index is 12.5. The number of aryl methyl sites for hydroxylation is 1. The van der Waals surface area contributed by atoms with Crippen LogP contribution in [0.4, 0.5) is 0 Å². The van der Waals surface area contributed by atoms with Gasteiger partial charge in [-0.15, -0.1) is 0 Å². The predicted octanol–water partition coefficient (Wildman–Crippen LogP) is 4.51. The molecule has 9 heteroatoms. The van der Waals surface area contributed by atoms with Gasteiger partial charge < -0.3 is 15.8 Å². The molecular weight excluding hydrogens is 487 g/mol. The first-order valence-corrected chi connectivity index (χ1v) is 11.8. The van der Waals surface area contributed by atoms with Crippen molar-refractivity contribution >= 4 is 40.5 Å². The van der Waals surface area contributed by atoms with Crippen LogP contribution in [0.5, 0.6) is 5.75 Å².